The first-order valence-electron chi connectivity index (χ1n) is 13.2. The molecule has 0 aliphatic carbocycles. The van der Waals surface area contributed by atoms with E-state index in [1.165, 1.54) is 78.0 Å². The molecule has 0 spiro atoms. The average Bonchev–Trinajstić information content (AvgIpc) is 2.99. The van der Waals surface area contributed by atoms with Crippen LogP contribution in [0, 0.1) is 0 Å². The van der Waals surface area contributed by atoms with Crippen LogP contribution in [0.25, 0.3) is 55.3 Å². The van der Waals surface area contributed by atoms with Gasteiger partial charge in [-0.2, -0.15) is 0 Å². The van der Waals surface area contributed by atoms with Gasteiger partial charge in [-0.25, -0.2) is 0 Å². The van der Waals surface area contributed by atoms with Crippen LogP contribution in [0.3, 0.4) is 0 Å². The van der Waals surface area contributed by atoms with E-state index in [1.54, 1.807) is 0 Å². The lowest BCUT2D eigenvalue weighted by atomic mass is 9.83. The first-order valence-corrected chi connectivity index (χ1v) is 13.2. The quantitative estimate of drug-likeness (QED) is 0.240. The van der Waals surface area contributed by atoms with Gasteiger partial charge in [-0.15, -0.1) is 0 Å². The molecule has 2 heterocycles. The largest absolute Gasteiger partial charge is 0.344 e. The fraction of sp³-hybridized carbons (Fsp3) is 0.0556. The van der Waals surface area contributed by atoms with Crippen molar-refractivity contribution >= 4 is 33.5 Å². The lowest BCUT2D eigenvalue weighted by Gasteiger charge is -2.36. The molecule has 0 bridgehead atoms. The van der Waals surface area contributed by atoms with Crippen molar-refractivity contribution in [1.29, 1.82) is 0 Å². The third-order valence-corrected chi connectivity index (χ3v) is 8.35. The summed E-state index contributed by atoms with van der Waals surface area (Å²) in [6.45, 7) is 0. The van der Waals surface area contributed by atoms with E-state index in [0.29, 0.717) is 0 Å². The van der Waals surface area contributed by atoms with Gasteiger partial charge in [0.1, 0.15) is 0 Å². The maximum absolute atomic E-state index is 2.37. The smallest absolute Gasteiger partial charge is 0.0496 e. The molecule has 0 fully saturated rings. The van der Waals surface area contributed by atoms with E-state index in [1.807, 2.05) is 0 Å². The third-order valence-electron chi connectivity index (χ3n) is 8.35. The molecule has 0 aromatic heterocycles. The topological polar surface area (TPSA) is 6.48 Å². The molecule has 180 valence electrons. The van der Waals surface area contributed by atoms with Gasteiger partial charge in [0.05, 0.1) is 0 Å². The highest BCUT2D eigenvalue weighted by atomic mass is 15.1. The number of benzene rings is 6. The molecule has 0 saturated carbocycles. The summed E-state index contributed by atoms with van der Waals surface area (Å²) in [5.74, 6) is 0. The Kier molecular flexibility index (Phi) is 4.39. The van der Waals surface area contributed by atoms with Crippen LogP contribution in [0.2, 0.25) is 0 Å². The molecule has 0 saturated heterocycles. The highest BCUT2D eigenvalue weighted by molar-refractivity contribution is 6.22. The van der Waals surface area contributed by atoms with E-state index in [2.05, 4.69) is 145 Å². The molecule has 38 heavy (non-hydrogen) atoms. The Morgan fingerprint density at radius 2 is 0.737 bits per heavy atom. The Morgan fingerprint density at radius 3 is 1.16 bits per heavy atom. The highest BCUT2D eigenvalue weighted by Gasteiger charge is 2.30. The van der Waals surface area contributed by atoms with Crippen LogP contribution in [-0.4, -0.2) is 14.1 Å². The van der Waals surface area contributed by atoms with Crippen LogP contribution in [0.1, 0.15) is 0 Å². The van der Waals surface area contributed by atoms with Crippen LogP contribution < -0.4 is 9.80 Å². The fourth-order valence-electron chi connectivity index (χ4n) is 6.42. The summed E-state index contributed by atoms with van der Waals surface area (Å²) in [5, 5.41) is 2.68. The monoisotopic (exact) mass is 486 g/mol. The average molecular weight is 487 g/mol. The van der Waals surface area contributed by atoms with Crippen molar-refractivity contribution < 1.29 is 0 Å². The number of rotatable bonds is 2. The summed E-state index contributed by atoms with van der Waals surface area (Å²) < 4.78 is 0. The van der Waals surface area contributed by atoms with E-state index in [9.17, 15) is 0 Å². The fourth-order valence-corrected chi connectivity index (χ4v) is 6.42. The van der Waals surface area contributed by atoms with Gasteiger partial charge in [-0.1, -0.05) is 97.1 Å². The van der Waals surface area contributed by atoms with Crippen LogP contribution in [0.15, 0.2) is 121 Å². The number of nitrogens with zero attached hydrogens (tertiary/aromatic N) is 2. The highest BCUT2D eigenvalue weighted by Crippen LogP contribution is 2.55. The van der Waals surface area contributed by atoms with Crippen LogP contribution >= 0.6 is 0 Å². The standard InChI is InChI=1S/C36H26N2/c1-37-31-19-20-32-36-30(28-16-14-26(22-34(28)38(32)2)24-11-7-4-8-12-24)18-17-29(35(31)36)27-15-13-25(21-33(27)37)23-9-5-3-6-10-23/h3-22H,1-2H3. The number of anilines is 4. The first kappa shape index (κ1) is 21.3. The molecule has 0 radical (unpaired) electrons. The minimum Gasteiger partial charge on any atom is -0.344 e. The minimum atomic E-state index is 1.24. The Hall–Kier alpha value is -4.82. The zero-order chi connectivity index (χ0) is 25.4. The maximum Gasteiger partial charge on any atom is 0.0496 e. The molecule has 0 N–H and O–H groups in total. The molecule has 6 aromatic rings. The van der Waals surface area contributed by atoms with Crippen LogP contribution in [0.5, 0.6) is 0 Å². The second kappa shape index (κ2) is 7.84. The van der Waals surface area contributed by atoms with E-state index in [4.69, 9.17) is 0 Å². The number of hydrogen-bond acceptors (Lipinski definition) is 2. The van der Waals surface area contributed by atoms with Gasteiger partial charge in [0.2, 0.25) is 0 Å². The molecule has 0 amide bonds. The van der Waals surface area contributed by atoms with Crippen molar-refractivity contribution in [3.8, 4) is 44.5 Å². The Balaban J connectivity index is 1.34. The lowest BCUT2D eigenvalue weighted by molar-refractivity contribution is 1.19. The summed E-state index contributed by atoms with van der Waals surface area (Å²) in [6, 6.07) is 44.3. The maximum atomic E-state index is 2.37. The van der Waals surface area contributed by atoms with E-state index in [-0.39, 0.29) is 0 Å². The van der Waals surface area contributed by atoms with Gasteiger partial charge < -0.3 is 9.80 Å². The molecule has 6 aromatic carbocycles. The van der Waals surface area contributed by atoms with Crippen molar-refractivity contribution in [2.24, 2.45) is 0 Å². The first-order chi connectivity index (χ1) is 18.7. The Morgan fingerprint density at radius 1 is 0.342 bits per heavy atom. The van der Waals surface area contributed by atoms with E-state index >= 15 is 0 Å². The van der Waals surface area contributed by atoms with Gasteiger partial charge >= 0.3 is 0 Å². The van der Waals surface area contributed by atoms with E-state index in [0.717, 1.165) is 0 Å². The summed E-state index contributed by atoms with van der Waals surface area (Å²) in [5.41, 5.74) is 15.2. The summed E-state index contributed by atoms with van der Waals surface area (Å²) >= 11 is 0. The van der Waals surface area contributed by atoms with Crippen molar-refractivity contribution in [3.05, 3.63) is 121 Å². The SMILES string of the molecule is CN1c2cc(-c3ccccc3)ccc2-c2ccc3c4c(ccc1c24)N(C)c1cc(-c2ccccc2)ccc1-3. The Bertz CT molecular complexity index is 1750. The predicted molar refractivity (Wildman–Crippen MR) is 162 cm³/mol. The molecular formula is C36H26N2. The lowest BCUT2D eigenvalue weighted by Crippen LogP contribution is -2.19. The number of hydrogen-bond donors (Lipinski definition) is 0. The van der Waals surface area contributed by atoms with Crippen molar-refractivity contribution in [1.82, 2.24) is 0 Å². The molecule has 2 heteroatoms. The second-order valence-corrected chi connectivity index (χ2v) is 10.3. The zero-order valence-electron chi connectivity index (χ0n) is 21.4. The summed E-state index contributed by atoms with van der Waals surface area (Å²) in [7, 11) is 4.40. The molecule has 0 unspecified atom stereocenters. The molecule has 8 rings (SSSR count). The Labute approximate surface area is 223 Å². The van der Waals surface area contributed by atoms with Crippen molar-refractivity contribution in [3.63, 3.8) is 0 Å². The summed E-state index contributed by atoms with van der Waals surface area (Å²) in [6.07, 6.45) is 0. The molecule has 2 aliphatic rings. The van der Waals surface area contributed by atoms with Gasteiger partial charge in [-0.05, 0) is 57.6 Å². The second-order valence-electron chi connectivity index (χ2n) is 10.3. The normalized spacial score (nSPS) is 12.9. The van der Waals surface area contributed by atoms with Gasteiger partial charge in [0.25, 0.3) is 0 Å². The molecule has 0 atom stereocenters. The molecule has 2 aliphatic heterocycles. The van der Waals surface area contributed by atoms with Crippen LogP contribution in [-0.2, 0) is 0 Å². The minimum absolute atomic E-state index is 1.24. The molecule has 2 nitrogen and oxygen atoms in total. The predicted octanol–water partition coefficient (Wildman–Crippen LogP) is 9.67. The third kappa shape index (κ3) is 2.89. The van der Waals surface area contributed by atoms with Gasteiger partial charge in [-0.3, -0.25) is 0 Å². The number of fused-ring (bicyclic) bond motifs is 4. The van der Waals surface area contributed by atoms with Crippen molar-refractivity contribution in [2.45, 2.75) is 0 Å². The zero-order valence-corrected chi connectivity index (χ0v) is 21.4. The van der Waals surface area contributed by atoms with E-state index < -0.39 is 0 Å². The van der Waals surface area contributed by atoms with Crippen LogP contribution in [0.4, 0.5) is 22.7 Å². The van der Waals surface area contributed by atoms with Gasteiger partial charge in [0.15, 0.2) is 0 Å². The molecular weight excluding hydrogens is 460 g/mol. The van der Waals surface area contributed by atoms with Crippen molar-refractivity contribution in [2.75, 3.05) is 23.9 Å². The summed E-state index contributed by atoms with van der Waals surface area (Å²) in [4.78, 5) is 4.73. The van der Waals surface area contributed by atoms with Gasteiger partial charge in [0, 0.05) is 58.7 Å².